The summed E-state index contributed by atoms with van der Waals surface area (Å²) in [5, 5.41) is 0. The van der Waals surface area contributed by atoms with Crippen molar-refractivity contribution in [2.45, 2.75) is 335 Å². The molecule has 2 N–H and O–H groups in total. The van der Waals surface area contributed by atoms with Crippen LogP contribution in [0.3, 0.4) is 0 Å². The first-order chi connectivity index (χ1) is 29.8. The third-order valence-electron chi connectivity index (χ3n) is 13.2. The van der Waals surface area contributed by atoms with E-state index < -0.39 is 29.6 Å². The molecule has 0 aromatic heterocycles. The summed E-state index contributed by atoms with van der Waals surface area (Å²) in [5.41, 5.74) is 5.95. The van der Waals surface area contributed by atoms with Gasteiger partial charge < -0.3 is 15.2 Å². The molecule has 0 aromatic rings. The molecule has 0 saturated carbocycles. The van der Waals surface area contributed by atoms with Gasteiger partial charge in [0.05, 0.1) is 0 Å². The van der Waals surface area contributed by atoms with E-state index in [0.29, 0.717) is 0 Å². The van der Waals surface area contributed by atoms with Crippen molar-refractivity contribution >= 4 is 17.9 Å². The molecule has 0 aliphatic heterocycles. The Morgan fingerprint density at radius 1 is 0.361 bits per heavy atom. The maximum Gasteiger partial charge on any atom is 0.323 e. The number of hydrogen-bond donors (Lipinski definition) is 1. The Morgan fingerprint density at radius 3 is 0.902 bits per heavy atom. The summed E-state index contributed by atoms with van der Waals surface area (Å²) in [6, 6.07) is -0.905. The van der Waals surface area contributed by atoms with Crippen molar-refractivity contribution in [2.24, 2.45) is 5.73 Å². The predicted molar refractivity (Wildman–Crippen MR) is 263 cm³/mol. The second-order valence-corrected chi connectivity index (χ2v) is 19.3. The minimum absolute atomic E-state index is 0.0540. The van der Waals surface area contributed by atoms with E-state index in [4.69, 9.17) is 15.2 Å². The Labute approximate surface area is 380 Å². The summed E-state index contributed by atoms with van der Waals surface area (Å²) < 4.78 is 11.7. The van der Waals surface area contributed by atoms with Gasteiger partial charge in [-0.05, 0) is 51.4 Å². The topological polar surface area (TPSA) is 95.7 Å². The summed E-state index contributed by atoms with van der Waals surface area (Å²) in [6.07, 6.45) is 53.6. The second-order valence-electron chi connectivity index (χ2n) is 19.3. The van der Waals surface area contributed by atoms with Crippen molar-refractivity contribution in [1.29, 1.82) is 0 Å². The maximum absolute atomic E-state index is 13.7. The van der Waals surface area contributed by atoms with Gasteiger partial charge in [0.1, 0.15) is 11.6 Å². The minimum Gasteiger partial charge on any atom is -0.458 e. The van der Waals surface area contributed by atoms with Crippen LogP contribution in [0.2, 0.25) is 0 Å². The van der Waals surface area contributed by atoms with Crippen LogP contribution in [0.1, 0.15) is 323 Å². The average Bonchev–Trinajstić information content (AvgIpc) is 3.25. The molecule has 6 nitrogen and oxygen atoms in total. The van der Waals surface area contributed by atoms with E-state index in [1.54, 1.807) is 0 Å². The fraction of sp³-hybridized carbons (Fsp3) is 0.945. The van der Waals surface area contributed by atoms with Gasteiger partial charge in [-0.15, -0.1) is 0 Å². The van der Waals surface area contributed by atoms with Gasteiger partial charge in [0, 0.05) is 12.8 Å². The SMILES string of the molecule is CCCCCCCCCCCCCCCCCCC(CCCCCCCC)(CCCCCCCCCCC)OC(=O)C(N)CCC(=O)OC(=O)CCCCCCCCCCC. The van der Waals surface area contributed by atoms with E-state index in [2.05, 4.69) is 27.7 Å². The zero-order valence-electron chi connectivity index (χ0n) is 41.7. The number of carbonyl (C=O) groups is 3. The van der Waals surface area contributed by atoms with Crippen LogP contribution in [0, 0.1) is 0 Å². The van der Waals surface area contributed by atoms with Crippen LogP contribution >= 0.6 is 0 Å². The first-order valence-electron chi connectivity index (χ1n) is 27.6. The molecule has 0 radical (unpaired) electrons. The Morgan fingerprint density at radius 2 is 0.607 bits per heavy atom. The van der Waals surface area contributed by atoms with Crippen LogP contribution in [0.4, 0.5) is 0 Å². The Balaban J connectivity index is 5.08. The number of rotatable bonds is 49. The molecule has 0 heterocycles. The smallest absolute Gasteiger partial charge is 0.323 e. The fourth-order valence-electron chi connectivity index (χ4n) is 9.00. The molecule has 0 aliphatic carbocycles. The third kappa shape index (κ3) is 41.1. The molecule has 0 bridgehead atoms. The van der Waals surface area contributed by atoms with Crippen molar-refractivity contribution in [3.63, 3.8) is 0 Å². The molecule has 0 amide bonds. The fourth-order valence-corrected chi connectivity index (χ4v) is 9.00. The largest absolute Gasteiger partial charge is 0.458 e. The number of unbranched alkanes of at least 4 members (excludes halogenated alkanes) is 36. The van der Waals surface area contributed by atoms with Crippen molar-refractivity contribution in [3.8, 4) is 0 Å². The highest BCUT2D eigenvalue weighted by Crippen LogP contribution is 2.34. The van der Waals surface area contributed by atoms with Gasteiger partial charge in [0.2, 0.25) is 0 Å². The molecular weight excluding hydrogens is 755 g/mol. The van der Waals surface area contributed by atoms with Gasteiger partial charge in [-0.2, -0.15) is 0 Å². The van der Waals surface area contributed by atoms with Crippen LogP contribution in [-0.4, -0.2) is 29.6 Å². The van der Waals surface area contributed by atoms with Gasteiger partial charge in [0.25, 0.3) is 0 Å². The monoisotopic (exact) mass is 862 g/mol. The van der Waals surface area contributed by atoms with Gasteiger partial charge in [-0.3, -0.25) is 14.4 Å². The standard InChI is InChI=1S/C55H107NO5/c1-5-9-13-17-21-24-25-26-27-28-29-30-33-36-40-44-50-55(48-42-38-20-16-12-8-4,49-43-39-35-32-23-19-15-11-7-3)61-54(59)51(56)46-47-53(58)60-52(57)45-41-37-34-31-22-18-14-10-6-2/h51H,5-50,56H2,1-4H3. The lowest BCUT2D eigenvalue weighted by Crippen LogP contribution is -2.42. The zero-order valence-corrected chi connectivity index (χ0v) is 41.7. The molecular formula is C55H107NO5. The highest BCUT2D eigenvalue weighted by atomic mass is 16.6. The quantitative estimate of drug-likeness (QED) is 0.0372. The Bertz CT molecular complexity index is 955. The van der Waals surface area contributed by atoms with E-state index in [1.807, 2.05) is 0 Å². The molecule has 2 atom stereocenters. The lowest BCUT2D eigenvalue weighted by molar-refractivity contribution is -0.165. The van der Waals surface area contributed by atoms with Gasteiger partial charge in [-0.1, -0.05) is 259 Å². The van der Waals surface area contributed by atoms with Crippen LogP contribution < -0.4 is 5.73 Å². The molecule has 2 unspecified atom stereocenters. The second kappa shape index (κ2) is 46.6. The molecule has 61 heavy (non-hydrogen) atoms. The zero-order chi connectivity index (χ0) is 44.8. The van der Waals surface area contributed by atoms with Crippen LogP contribution in [0.15, 0.2) is 0 Å². The molecule has 0 saturated heterocycles. The summed E-state index contributed by atoms with van der Waals surface area (Å²) in [5.74, 6) is -1.46. The maximum atomic E-state index is 13.7. The van der Waals surface area contributed by atoms with Gasteiger partial charge in [0.15, 0.2) is 0 Å². The van der Waals surface area contributed by atoms with E-state index in [-0.39, 0.29) is 19.3 Å². The summed E-state index contributed by atoms with van der Waals surface area (Å²) >= 11 is 0. The van der Waals surface area contributed by atoms with E-state index >= 15 is 0 Å². The lowest BCUT2D eigenvalue weighted by atomic mass is 9.84. The number of ether oxygens (including phenoxy) is 2. The molecule has 0 spiro atoms. The number of hydrogen-bond acceptors (Lipinski definition) is 6. The van der Waals surface area contributed by atoms with Crippen molar-refractivity contribution < 1.29 is 23.9 Å². The predicted octanol–water partition coefficient (Wildman–Crippen LogP) is 17.7. The van der Waals surface area contributed by atoms with Crippen molar-refractivity contribution in [1.82, 2.24) is 0 Å². The molecule has 0 fully saturated rings. The molecule has 6 heteroatoms. The highest BCUT2D eigenvalue weighted by Gasteiger charge is 2.35. The van der Waals surface area contributed by atoms with Crippen molar-refractivity contribution in [3.05, 3.63) is 0 Å². The summed E-state index contributed by atoms with van der Waals surface area (Å²) in [6.45, 7) is 9.05. The van der Waals surface area contributed by atoms with Gasteiger partial charge >= 0.3 is 17.9 Å². The molecule has 0 rings (SSSR count). The normalized spacial score (nSPS) is 13.0. The van der Waals surface area contributed by atoms with E-state index in [1.165, 1.54) is 218 Å². The first-order valence-corrected chi connectivity index (χ1v) is 27.6. The minimum atomic E-state index is -0.905. The summed E-state index contributed by atoms with van der Waals surface area (Å²) in [7, 11) is 0. The molecule has 362 valence electrons. The van der Waals surface area contributed by atoms with Gasteiger partial charge in [-0.25, -0.2) is 0 Å². The van der Waals surface area contributed by atoms with Crippen LogP contribution in [-0.2, 0) is 23.9 Å². The lowest BCUT2D eigenvalue weighted by Gasteiger charge is -2.35. The number of carbonyl (C=O) groups excluding carboxylic acids is 3. The first kappa shape index (κ1) is 59.6. The van der Waals surface area contributed by atoms with Crippen molar-refractivity contribution in [2.75, 3.05) is 0 Å². The van der Waals surface area contributed by atoms with Crippen LogP contribution in [0.5, 0.6) is 0 Å². The number of nitrogens with two attached hydrogens (primary N) is 1. The van der Waals surface area contributed by atoms with E-state index in [0.717, 1.165) is 57.8 Å². The average molecular weight is 862 g/mol. The molecule has 0 aliphatic rings. The summed E-state index contributed by atoms with van der Waals surface area (Å²) in [4.78, 5) is 38.7. The van der Waals surface area contributed by atoms with Crippen LogP contribution in [0.25, 0.3) is 0 Å². The Kier molecular flexibility index (Phi) is 45.5. The number of esters is 3. The highest BCUT2D eigenvalue weighted by molar-refractivity contribution is 5.86. The third-order valence-corrected chi connectivity index (χ3v) is 13.2. The molecule has 0 aromatic carbocycles. The Hall–Kier alpha value is -1.43. The van der Waals surface area contributed by atoms with E-state index in [9.17, 15) is 14.4 Å².